The number of nitrogens with one attached hydrogen (secondary N) is 1. The van der Waals surface area contributed by atoms with Crippen LogP contribution in [0.5, 0.6) is 0 Å². The number of halogens is 3. The van der Waals surface area contributed by atoms with Gasteiger partial charge in [0.15, 0.2) is 5.78 Å². The van der Waals surface area contributed by atoms with Crippen LogP contribution in [0.3, 0.4) is 0 Å². The van der Waals surface area contributed by atoms with Crippen LogP contribution in [0.4, 0.5) is 29.3 Å². The van der Waals surface area contributed by atoms with E-state index in [4.69, 9.17) is 10.00 Å². The van der Waals surface area contributed by atoms with Crippen molar-refractivity contribution in [1.82, 2.24) is 0 Å². The minimum absolute atomic E-state index is 0.138. The molecule has 0 saturated heterocycles. The highest BCUT2D eigenvalue weighted by molar-refractivity contribution is 6.02. The zero-order chi connectivity index (χ0) is 25.1. The Labute approximate surface area is 195 Å². The Hall–Kier alpha value is -3.80. The van der Waals surface area contributed by atoms with Gasteiger partial charge in [0.1, 0.15) is 5.60 Å². The Morgan fingerprint density at radius 1 is 1.12 bits per heavy atom. The molecule has 0 bridgehead atoms. The third-order valence-corrected chi connectivity index (χ3v) is 5.03. The quantitative estimate of drug-likeness (QED) is 0.574. The topological polar surface area (TPSA) is 82.4 Å². The number of Topliss-reactive ketones (excluding diaryl/α,β-unsaturated/α-hetero) is 1. The first-order valence-electron chi connectivity index (χ1n) is 10.6. The van der Waals surface area contributed by atoms with Crippen molar-refractivity contribution in [2.24, 2.45) is 0 Å². The number of nitrogens with zero attached hydrogens (tertiary/aromatic N) is 2. The Kier molecular flexibility index (Phi) is 7.01. The van der Waals surface area contributed by atoms with Crippen LogP contribution < -0.4 is 10.2 Å². The van der Waals surface area contributed by atoms with E-state index in [1.165, 1.54) is 17.0 Å². The summed E-state index contributed by atoms with van der Waals surface area (Å²) in [5.41, 5.74) is 0.139. The van der Waals surface area contributed by atoms with Crippen LogP contribution in [-0.2, 0) is 15.7 Å². The lowest BCUT2D eigenvalue weighted by Gasteiger charge is -2.28. The summed E-state index contributed by atoms with van der Waals surface area (Å²) in [5.74, 6) is -0.211. The van der Waals surface area contributed by atoms with Gasteiger partial charge in [-0.2, -0.15) is 18.4 Å². The number of nitriles is 1. The highest BCUT2D eigenvalue weighted by atomic mass is 19.4. The molecule has 0 heterocycles. The van der Waals surface area contributed by atoms with Crippen LogP contribution in [0.15, 0.2) is 59.8 Å². The van der Waals surface area contributed by atoms with Crippen molar-refractivity contribution in [3.05, 3.63) is 70.9 Å². The molecule has 1 aliphatic rings. The molecule has 0 spiro atoms. The number of hydrogen-bond acceptors (Lipinski definition) is 5. The SMILES string of the molecule is CC(C)(C)OC(=O)N(CC1=C(Nc2cccc(C(F)(F)F)c2)CCC1=O)c1ccc(C#N)cc1. The van der Waals surface area contributed by atoms with Gasteiger partial charge in [-0.25, -0.2) is 4.79 Å². The number of hydrogen-bond donors (Lipinski definition) is 1. The van der Waals surface area contributed by atoms with Gasteiger partial charge < -0.3 is 10.1 Å². The molecular formula is C25H24F3N3O3. The number of ether oxygens (including phenoxy) is 1. The number of alkyl halides is 3. The summed E-state index contributed by atoms with van der Waals surface area (Å²) in [6, 6.07) is 12.9. The zero-order valence-electron chi connectivity index (χ0n) is 19.0. The van der Waals surface area contributed by atoms with E-state index in [-0.39, 0.29) is 30.0 Å². The molecule has 1 amide bonds. The van der Waals surface area contributed by atoms with E-state index >= 15 is 0 Å². The van der Waals surface area contributed by atoms with Gasteiger partial charge >= 0.3 is 12.3 Å². The molecule has 6 nitrogen and oxygen atoms in total. The smallest absolute Gasteiger partial charge is 0.416 e. The van der Waals surface area contributed by atoms with Crippen LogP contribution in [0, 0.1) is 11.3 Å². The average Bonchev–Trinajstić information content (AvgIpc) is 3.09. The first kappa shape index (κ1) is 24.8. The number of rotatable bonds is 5. The number of ketones is 1. The summed E-state index contributed by atoms with van der Waals surface area (Å²) >= 11 is 0. The molecule has 0 unspecified atom stereocenters. The first-order chi connectivity index (χ1) is 15.9. The molecule has 1 aliphatic carbocycles. The first-order valence-corrected chi connectivity index (χ1v) is 10.6. The second-order valence-electron chi connectivity index (χ2n) is 8.81. The van der Waals surface area contributed by atoms with Crippen molar-refractivity contribution in [2.75, 3.05) is 16.8 Å². The Balaban J connectivity index is 1.95. The van der Waals surface area contributed by atoms with Gasteiger partial charge in [-0.15, -0.1) is 0 Å². The molecule has 9 heteroatoms. The third-order valence-electron chi connectivity index (χ3n) is 5.03. The summed E-state index contributed by atoms with van der Waals surface area (Å²) in [5, 5.41) is 12.0. The van der Waals surface area contributed by atoms with E-state index in [0.29, 0.717) is 23.4 Å². The Bertz CT molecular complexity index is 1160. The normalized spacial score (nSPS) is 14.1. The maximum atomic E-state index is 13.1. The minimum Gasteiger partial charge on any atom is -0.443 e. The van der Waals surface area contributed by atoms with Gasteiger partial charge in [0.05, 0.1) is 23.7 Å². The van der Waals surface area contributed by atoms with E-state index in [2.05, 4.69) is 5.32 Å². The van der Waals surface area contributed by atoms with Crippen molar-refractivity contribution in [1.29, 1.82) is 5.26 Å². The Morgan fingerprint density at radius 2 is 1.79 bits per heavy atom. The lowest BCUT2D eigenvalue weighted by molar-refractivity contribution is -0.137. The standard InChI is InChI=1S/C25H24F3N3O3/c1-24(2,3)34-23(33)31(19-9-7-16(14-29)8-10-19)15-20-21(11-12-22(20)32)30-18-6-4-5-17(13-18)25(26,27)28/h4-10,13,30H,11-12,15H2,1-3H3. The van der Waals surface area contributed by atoms with Crippen molar-refractivity contribution < 1.29 is 27.5 Å². The maximum Gasteiger partial charge on any atom is 0.416 e. The van der Waals surface area contributed by atoms with Gasteiger partial charge in [-0.05, 0) is 69.7 Å². The summed E-state index contributed by atoms with van der Waals surface area (Å²) in [4.78, 5) is 26.9. The van der Waals surface area contributed by atoms with Gasteiger partial charge in [0.25, 0.3) is 0 Å². The zero-order valence-corrected chi connectivity index (χ0v) is 19.0. The van der Waals surface area contributed by atoms with Gasteiger partial charge in [-0.3, -0.25) is 9.69 Å². The number of amides is 1. The number of carbonyl (C=O) groups is 2. The summed E-state index contributed by atoms with van der Waals surface area (Å²) in [7, 11) is 0. The monoisotopic (exact) mass is 471 g/mol. The molecule has 3 rings (SSSR count). The molecular weight excluding hydrogens is 447 g/mol. The van der Waals surface area contributed by atoms with Crippen molar-refractivity contribution >= 4 is 23.3 Å². The fourth-order valence-corrected chi connectivity index (χ4v) is 3.43. The minimum atomic E-state index is -4.50. The van der Waals surface area contributed by atoms with Crippen molar-refractivity contribution in [3.63, 3.8) is 0 Å². The highest BCUT2D eigenvalue weighted by Gasteiger charge is 2.32. The lowest BCUT2D eigenvalue weighted by Crippen LogP contribution is -2.39. The van der Waals surface area contributed by atoms with Crippen LogP contribution in [0.2, 0.25) is 0 Å². The van der Waals surface area contributed by atoms with E-state index in [9.17, 15) is 22.8 Å². The van der Waals surface area contributed by atoms with Gasteiger partial charge in [0.2, 0.25) is 0 Å². The summed E-state index contributed by atoms with van der Waals surface area (Å²) in [6.07, 6.45) is -4.71. The van der Waals surface area contributed by atoms with Crippen LogP contribution in [0.1, 0.15) is 44.7 Å². The van der Waals surface area contributed by atoms with Crippen LogP contribution in [-0.4, -0.2) is 24.0 Å². The fourth-order valence-electron chi connectivity index (χ4n) is 3.43. The lowest BCUT2D eigenvalue weighted by atomic mass is 10.1. The van der Waals surface area contributed by atoms with Crippen molar-refractivity contribution in [3.8, 4) is 6.07 Å². The second-order valence-corrected chi connectivity index (χ2v) is 8.81. The molecule has 0 radical (unpaired) electrons. The van der Waals surface area contributed by atoms with Crippen molar-refractivity contribution in [2.45, 2.75) is 45.4 Å². The Morgan fingerprint density at radius 3 is 2.38 bits per heavy atom. The molecule has 1 N–H and O–H groups in total. The van der Waals surface area contributed by atoms with Gasteiger partial charge in [0, 0.05) is 29.1 Å². The highest BCUT2D eigenvalue weighted by Crippen LogP contribution is 2.33. The maximum absolute atomic E-state index is 13.1. The predicted molar refractivity (Wildman–Crippen MR) is 121 cm³/mol. The van der Waals surface area contributed by atoms with Gasteiger partial charge in [-0.1, -0.05) is 6.07 Å². The molecule has 0 aromatic heterocycles. The fraction of sp³-hybridized carbons (Fsp3) is 0.320. The number of carbonyl (C=O) groups excluding carboxylic acids is 2. The largest absolute Gasteiger partial charge is 0.443 e. The van der Waals surface area contributed by atoms with E-state index in [0.717, 1.165) is 12.1 Å². The average molecular weight is 471 g/mol. The molecule has 178 valence electrons. The van der Waals surface area contributed by atoms with E-state index < -0.39 is 23.4 Å². The van der Waals surface area contributed by atoms with Crippen LogP contribution in [0.25, 0.3) is 0 Å². The summed E-state index contributed by atoms with van der Waals surface area (Å²) in [6.45, 7) is 4.99. The van der Waals surface area contributed by atoms with E-state index in [1.807, 2.05) is 6.07 Å². The number of anilines is 2. The molecule has 0 aliphatic heterocycles. The molecule has 0 atom stereocenters. The molecule has 0 fully saturated rings. The number of allylic oxidation sites excluding steroid dienone is 1. The molecule has 2 aromatic carbocycles. The number of benzene rings is 2. The third kappa shape index (κ3) is 6.16. The summed E-state index contributed by atoms with van der Waals surface area (Å²) < 4.78 is 44.8. The molecule has 2 aromatic rings. The molecule has 34 heavy (non-hydrogen) atoms. The predicted octanol–water partition coefficient (Wildman–Crippen LogP) is 6.05. The van der Waals surface area contributed by atoms with Crippen LogP contribution >= 0.6 is 0 Å². The van der Waals surface area contributed by atoms with E-state index in [1.54, 1.807) is 45.0 Å². The second kappa shape index (κ2) is 9.59. The molecule has 0 saturated carbocycles.